The monoisotopic (exact) mass is 303 g/mol. The third kappa shape index (κ3) is 3.12. The highest BCUT2D eigenvalue weighted by atomic mass is 35.5. The second kappa shape index (κ2) is 6.17. The van der Waals surface area contributed by atoms with Gasteiger partial charge in [0.25, 0.3) is 0 Å². The Morgan fingerprint density at radius 3 is 2.43 bits per heavy atom. The Bertz CT molecular complexity index is 599. The van der Waals surface area contributed by atoms with Crippen LogP contribution in [-0.4, -0.2) is 0 Å². The first kappa shape index (κ1) is 14.6. The Balaban J connectivity index is 1.74. The molecule has 0 radical (unpaired) electrons. The third-order valence-corrected chi connectivity index (χ3v) is 4.78. The number of benzene rings is 2. The molecule has 1 fully saturated rings. The lowest BCUT2D eigenvalue weighted by Crippen LogP contribution is -2.15. The lowest BCUT2D eigenvalue weighted by atomic mass is 9.80. The molecule has 3 rings (SSSR count). The van der Waals surface area contributed by atoms with Gasteiger partial charge >= 0.3 is 0 Å². The van der Waals surface area contributed by atoms with Crippen molar-refractivity contribution in [2.45, 2.75) is 37.6 Å². The van der Waals surface area contributed by atoms with Crippen LogP contribution in [0, 0.1) is 5.82 Å². The maximum atomic E-state index is 13.8. The van der Waals surface area contributed by atoms with Gasteiger partial charge in [0, 0.05) is 16.6 Å². The van der Waals surface area contributed by atoms with Crippen molar-refractivity contribution >= 4 is 11.6 Å². The normalized spacial score (nSPS) is 16.5. The predicted molar refractivity (Wildman–Crippen MR) is 85.1 cm³/mol. The Morgan fingerprint density at radius 2 is 1.86 bits per heavy atom. The molecule has 0 bridgehead atoms. The highest BCUT2D eigenvalue weighted by Gasteiger charge is 2.19. The number of halogens is 2. The highest BCUT2D eigenvalue weighted by Crippen LogP contribution is 2.36. The molecule has 110 valence electrons. The largest absolute Gasteiger partial charge is 0.324 e. The van der Waals surface area contributed by atoms with Gasteiger partial charge in [-0.2, -0.15) is 0 Å². The summed E-state index contributed by atoms with van der Waals surface area (Å²) >= 11 is 6.06. The van der Waals surface area contributed by atoms with Gasteiger partial charge in [-0.25, -0.2) is 4.39 Å². The van der Waals surface area contributed by atoms with Gasteiger partial charge in [-0.15, -0.1) is 0 Å². The first-order valence-corrected chi connectivity index (χ1v) is 7.81. The van der Waals surface area contributed by atoms with Crippen molar-refractivity contribution in [1.29, 1.82) is 0 Å². The van der Waals surface area contributed by atoms with E-state index in [1.165, 1.54) is 30.9 Å². The van der Waals surface area contributed by atoms with Crippen molar-refractivity contribution in [2.24, 2.45) is 5.73 Å². The lowest BCUT2D eigenvalue weighted by molar-refractivity contribution is 0.419. The highest BCUT2D eigenvalue weighted by molar-refractivity contribution is 6.31. The minimum absolute atomic E-state index is 0.241. The van der Waals surface area contributed by atoms with Crippen LogP contribution in [0.3, 0.4) is 0 Å². The number of hydrogen-bond donors (Lipinski definition) is 1. The molecule has 21 heavy (non-hydrogen) atoms. The van der Waals surface area contributed by atoms with Crippen LogP contribution in [0.2, 0.25) is 5.02 Å². The summed E-state index contributed by atoms with van der Waals surface area (Å²) < 4.78 is 13.8. The van der Waals surface area contributed by atoms with Crippen LogP contribution < -0.4 is 5.73 Å². The van der Waals surface area contributed by atoms with Gasteiger partial charge < -0.3 is 5.73 Å². The van der Waals surface area contributed by atoms with Gasteiger partial charge in [0.15, 0.2) is 0 Å². The van der Waals surface area contributed by atoms with Crippen LogP contribution in [0.1, 0.15) is 47.9 Å². The average Bonchev–Trinajstić information content (AvgIpc) is 2.42. The van der Waals surface area contributed by atoms with Crippen molar-refractivity contribution in [3.05, 3.63) is 70.0 Å². The second-order valence-corrected chi connectivity index (χ2v) is 6.21. The SMILES string of the molecule is NC(Cc1c(F)cccc1Cl)c1ccc(C2CCC2)cc1. The third-order valence-electron chi connectivity index (χ3n) is 4.43. The van der Waals surface area contributed by atoms with Crippen LogP contribution in [0.25, 0.3) is 0 Å². The maximum Gasteiger partial charge on any atom is 0.127 e. The molecule has 1 saturated carbocycles. The molecule has 0 aliphatic heterocycles. The standard InChI is InChI=1S/C18H19ClFN/c19-16-5-2-6-17(20)15(16)11-18(21)14-9-7-13(8-10-14)12-3-1-4-12/h2,5-10,12,18H,1,3-4,11,21H2. The van der Waals surface area contributed by atoms with E-state index in [0.717, 1.165) is 11.5 Å². The number of nitrogens with two attached hydrogens (primary N) is 1. The van der Waals surface area contributed by atoms with Gasteiger partial charge in [0.1, 0.15) is 5.82 Å². The van der Waals surface area contributed by atoms with Crippen LogP contribution in [0.5, 0.6) is 0 Å². The van der Waals surface area contributed by atoms with Crippen LogP contribution >= 0.6 is 11.6 Å². The maximum absolute atomic E-state index is 13.8. The summed E-state index contributed by atoms with van der Waals surface area (Å²) in [5, 5.41) is 0.441. The minimum Gasteiger partial charge on any atom is -0.324 e. The zero-order valence-corrected chi connectivity index (χ0v) is 12.6. The summed E-state index contributed by atoms with van der Waals surface area (Å²) in [5.41, 5.74) is 9.12. The number of hydrogen-bond acceptors (Lipinski definition) is 1. The molecule has 2 aromatic rings. The Kier molecular flexibility index (Phi) is 4.27. The summed E-state index contributed by atoms with van der Waals surface area (Å²) in [6, 6.07) is 12.9. The van der Waals surface area contributed by atoms with E-state index >= 15 is 0 Å². The quantitative estimate of drug-likeness (QED) is 0.846. The van der Waals surface area contributed by atoms with Crippen molar-refractivity contribution in [2.75, 3.05) is 0 Å². The van der Waals surface area contributed by atoms with Gasteiger partial charge in [0.05, 0.1) is 0 Å². The van der Waals surface area contributed by atoms with Crippen LogP contribution in [0.15, 0.2) is 42.5 Å². The molecule has 2 aromatic carbocycles. The van der Waals surface area contributed by atoms with Crippen molar-refractivity contribution < 1.29 is 4.39 Å². The fourth-order valence-corrected chi connectivity index (χ4v) is 3.06. The van der Waals surface area contributed by atoms with E-state index in [1.54, 1.807) is 12.1 Å². The molecule has 0 amide bonds. The van der Waals surface area contributed by atoms with Gasteiger partial charge in [-0.1, -0.05) is 48.4 Å². The van der Waals surface area contributed by atoms with Gasteiger partial charge in [0.2, 0.25) is 0 Å². The van der Waals surface area contributed by atoms with E-state index in [4.69, 9.17) is 17.3 Å². The van der Waals surface area contributed by atoms with Crippen molar-refractivity contribution in [3.63, 3.8) is 0 Å². The molecule has 1 aliphatic carbocycles. The molecule has 0 saturated heterocycles. The molecule has 2 N–H and O–H groups in total. The van der Waals surface area contributed by atoms with E-state index in [2.05, 4.69) is 24.3 Å². The Labute approximate surface area is 129 Å². The zero-order chi connectivity index (χ0) is 14.8. The molecule has 3 heteroatoms. The average molecular weight is 304 g/mol. The fraction of sp³-hybridized carbons (Fsp3) is 0.333. The summed E-state index contributed by atoms with van der Waals surface area (Å²) in [4.78, 5) is 0. The van der Waals surface area contributed by atoms with E-state index in [1.807, 2.05) is 0 Å². The molecule has 0 aromatic heterocycles. The molecular weight excluding hydrogens is 285 g/mol. The van der Waals surface area contributed by atoms with Crippen molar-refractivity contribution in [1.82, 2.24) is 0 Å². The Morgan fingerprint density at radius 1 is 1.14 bits per heavy atom. The zero-order valence-electron chi connectivity index (χ0n) is 11.9. The lowest BCUT2D eigenvalue weighted by Gasteiger charge is -2.26. The number of rotatable bonds is 4. The predicted octanol–water partition coefficient (Wildman–Crippen LogP) is 4.99. The smallest absolute Gasteiger partial charge is 0.127 e. The minimum atomic E-state index is -0.288. The molecule has 1 atom stereocenters. The Hall–Kier alpha value is -1.38. The van der Waals surface area contributed by atoms with Crippen LogP contribution in [0.4, 0.5) is 4.39 Å². The molecule has 0 heterocycles. The fourth-order valence-electron chi connectivity index (χ4n) is 2.82. The topological polar surface area (TPSA) is 26.0 Å². The second-order valence-electron chi connectivity index (χ2n) is 5.81. The van der Waals surface area contributed by atoms with E-state index in [9.17, 15) is 4.39 Å². The van der Waals surface area contributed by atoms with Crippen molar-refractivity contribution in [3.8, 4) is 0 Å². The molecular formula is C18H19ClFN. The summed E-state index contributed by atoms with van der Waals surface area (Å²) in [6.45, 7) is 0. The first-order valence-electron chi connectivity index (χ1n) is 7.43. The van der Waals surface area contributed by atoms with E-state index in [0.29, 0.717) is 17.0 Å². The summed E-state index contributed by atoms with van der Waals surface area (Å²) in [6.07, 6.45) is 4.32. The molecule has 1 nitrogen and oxygen atoms in total. The first-order chi connectivity index (χ1) is 10.1. The summed E-state index contributed by atoms with van der Waals surface area (Å²) in [7, 11) is 0. The molecule has 1 aliphatic rings. The van der Waals surface area contributed by atoms with Gasteiger partial charge in [-0.3, -0.25) is 0 Å². The van der Waals surface area contributed by atoms with E-state index < -0.39 is 0 Å². The van der Waals surface area contributed by atoms with Gasteiger partial charge in [-0.05, 0) is 48.4 Å². The molecule has 0 spiro atoms. The molecule has 1 unspecified atom stereocenters. The van der Waals surface area contributed by atoms with E-state index in [-0.39, 0.29) is 11.9 Å². The summed E-state index contributed by atoms with van der Waals surface area (Å²) in [5.74, 6) is 0.431. The van der Waals surface area contributed by atoms with Crippen LogP contribution in [-0.2, 0) is 6.42 Å².